The average Bonchev–Trinajstić information content (AvgIpc) is 3.18. The summed E-state index contributed by atoms with van der Waals surface area (Å²) in [4.78, 5) is 8.78. The van der Waals surface area contributed by atoms with Crippen molar-refractivity contribution in [3.63, 3.8) is 0 Å². The van der Waals surface area contributed by atoms with Crippen molar-refractivity contribution in [2.75, 3.05) is 7.11 Å². The van der Waals surface area contributed by atoms with E-state index >= 15 is 0 Å². The van der Waals surface area contributed by atoms with Crippen molar-refractivity contribution in [2.24, 2.45) is 0 Å². The molecular weight excluding hydrogens is 214 g/mol. The summed E-state index contributed by atoms with van der Waals surface area (Å²) in [6.45, 7) is 3.01. The van der Waals surface area contributed by atoms with Gasteiger partial charge in [-0.15, -0.1) is 0 Å². The minimum Gasteiger partial charge on any atom is -0.373 e. The van der Waals surface area contributed by atoms with Crippen molar-refractivity contribution >= 4 is 0 Å². The molecule has 1 aromatic heterocycles. The van der Waals surface area contributed by atoms with Gasteiger partial charge in [0.1, 0.15) is 6.10 Å². The van der Waals surface area contributed by atoms with Gasteiger partial charge >= 0.3 is 0 Å². The van der Waals surface area contributed by atoms with Gasteiger partial charge in [-0.3, -0.25) is 0 Å². The standard InChI is InChI=1S/C13H21N3O/c1-3-4-12(17-2)13-15-8-10(9-16-13)7-14-11-5-6-11/h8-9,11-12,14H,3-7H2,1-2H3. The zero-order valence-electron chi connectivity index (χ0n) is 10.6. The second kappa shape index (κ2) is 6.07. The quantitative estimate of drug-likeness (QED) is 0.787. The molecule has 0 bridgehead atoms. The summed E-state index contributed by atoms with van der Waals surface area (Å²) in [5, 5.41) is 3.45. The lowest BCUT2D eigenvalue weighted by Gasteiger charge is -2.12. The lowest BCUT2D eigenvalue weighted by molar-refractivity contribution is 0.0875. The largest absolute Gasteiger partial charge is 0.373 e. The number of methoxy groups -OCH3 is 1. The molecule has 1 aliphatic carbocycles. The van der Waals surface area contributed by atoms with E-state index in [-0.39, 0.29) is 6.10 Å². The van der Waals surface area contributed by atoms with Crippen molar-refractivity contribution in [1.82, 2.24) is 15.3 Å². The van der Waals surface area contributed by atoms with E-state index in [1.54, 1.807) is 7.11 Å². The van der Waals surface area contributed by atoms with Gasteiger partial charge in [-0.05, 0) is 19.3 Å². The van der Waals surface area contributed by atoms with E-state index in [2.05, 4.69) is 22.2 Å². The molecule has 17 heavy (non-hydrogen) atoms. The van der Waals surface area contributed by atoms with Crippen LogP contribution in [0.3, 0.4) is 0 Å². The van der Waals surface area contributed by atoms with Crippen molar-refractivity contribution in [1.29, 1.82) is 0 Å². The van der Waals surface area contributed by atoms with Crippen LogP contribution in [0.15, 0.2) is 12.4 Å². The van der Waals surface area contributed by atoms with Gasteiger partial charge in [0.15, 0.2) is 5.82 Å². The van der Waals surface area contributed by atoms with Crippen LogP contribution in [0.4, 0.5) is 0 Å². The van der Waals surface area contributed by atoms with Crippen molar-refractivity contribution in [3.8, 4) is 0 Å². The Bertz CT molecular complexity index is 335. The number of nitrogens with one attached hydrogen (secondary N) is 1. The van der Waals surface area contributed by atoms with E-state index in [1.807, 2.05) is 12.4 Å². The first-order valence-electron chi connectivity index (χ1n) is 6.40. The third kappa shape index (κ3) is 3.75. The van der Waals surface area contributed by atoms with Gasteiger partial charge in [0.2, 0.25) is 0 Å². The fourth-order valence-electron chi connectivity index (χ4n) is 1.79. The molecule has 0 spiro atoms. The predicted octanol–water partition coefficient (Wildman–Crippen LogP) is 2.22. The minimum absolute atomic E-state index is 0.0328. The van der Waals surface area contributed by atoms with E-state index in [1.165, 1.54) is 12.8 Å². The molecule has 0 amide bonds. The molecule has 4 heteroatoms. The van der Waals surface area contributed by atoms with Crippen LogP contribution in [0.5, 0.6) is 0 Å². The number of ether oxygens (including phenoxy) is 1. The molecule has 1 aliphatic rings. The summed E-state index contributed by atoms with van der Waals surface area (Å²) in [7, 11) is 1.71. The smallest absolute Gasteiger partial charge is 0.157 e. The monoisotopic (exact) mass is 235 g/mol. The molecule has 0 saturated heterocycles. The van der Waals surface area contributed by atoms with E-state index in [0.717, 1.165) is 36.8 Å². The predicted molar refractivity (Wildman–Crippen MR) is 66.6 cm³/mol. The molecule has 1 heterocycles. The number of hydrogen-bond acceptors (Lipinski definition) is 4. The van der Waals surface area contributed by atoms with Gasteiger partial charge in [0, 0.05) is 37.7 Å². The van der Waals surface area contributed by atoms with Crippen LogP contribution in [0.1, 0.15) is 50.1 Å². The second-order valence-corrected chi connectivity index (χ2v) is 4.62. The Balaban J connectivity index is 1.90. The van der Waals surface area contributed by atoms with E-state index < -0.39 is 0 Å². The fraction of sp³-hybridized carbons (Fsp3) is 0.692. The Morgan fingerprint density at radius 3 is 2.65 bits per heavy atom. The normalized spacial score (nSPS) is 17.1. The fourth-order valence-corrected chi connectivity index (χ4v) is 1.79. The molecule has 0 aliphatic heterocycles. The maximum atomic E-state index is 5.38. The molecular formula is C13H21N3O. The molecule has 0 aromatic carbocycles. The van der Waals surface area contributed by atoms with Crippen LogP contribution in [0, 0.1) is 0 Å². The van der Waals surface area contributed by atoms with Crippen LogP contribution in [-0.2, 0) is 11.3 Å². The highest BCUT2D eigenvalue weighted by Gasteiger charge is 2.20. The lowest BCUT2D eigenvalue weighted by atomic mass is 10.2. The zero-order valence-corrected chi connectivity index (χ0v) is 10.6. The molecule has 0 radical (unpaired) electrons. The van der Waals surface area contributed by atoms with Crippen LogP contribution in [0.25, 0.3) is 0 Å². The topological polar surface area (TPSA) is 47.0 Å². The highest BCUT2D eigenvalue weighted by molar-refractivity contribution is 5.07. The van der Waals surface area contributed by atoms with E-state index in [4.69, 9.17) is 4.74 Å². The summed E-state index contributed by atoms with van der Waals surface area (Å²) in [6.07, 6.45) is 8.50. The Morgan fingerprint density at radius 1 is 1.41 bits per heavy atom. The van der Waals surface area contributed by atoms with Gasteiger partial charge in [-0.25, -0.2) is 9.97 Å². The molecule has 1 atom stereocenters. The third-order valence-electron chi connectivity index (χ3n) is 3.02. The Morgan fingerprint density at radius 2 is 2.12 bits per heavy atom. The lowest BCUT2D eigenvalue weighted by Crippen LogP contribution is -2.16. The maximum absolute atomic E-state index is 5.38. The first-order chi connectivity index (χ1) is 8.33. The first-order valence-corrected chi connectivity index (χ1v) is 6.40. The van der Waals surface area contributed by atoms with Crippen LogP contribution >= 0.6 is 0 Å². The highest BCUT2D eigenvalue weighted by Crippen LogP contribution is 2.20. The Labute approximate surface area is 103 Å². The summed E-state index contributed by atoms with van der Waals surface area (Å²) in [5.74, 6) is 0.796. The third-order valence-corrected chi connectivity index (χ3v) is 3.02. The molecule has 1 unspecified atom stereocenters. The average molecular weight is 235 g/mol. The molecule has 1 aromatic rings. The van der Waals surface area contributed by atoms with Crippen molar-refractivity contribution in [3.05, 3.63) is 23.8 Å². The highest BCUT2D eigenvalue weighted by atomic mass is 16.5. The van der Waals surface area contributed by atoms with Gasteiger partial charge in [0.25, 0.3) is 0 Å². The number of nitrogens with zero attached hydrogens (tertiary/aromatic N) is 2. The maximum Gasteiger partial charge on any atom is 0.157 e. The molecule has 94 valence electrons. The van der Waals surface area contributed by atoms with Crippen molar-refractivity contribution < 1.29 is 4.74 Å². The van der Waals surface area contributed by atoms with Gasteiger partial charge in [-0.1, -0.05) is 13.3 Å². The molecule has 1 fully saturated rings. The Kier molecular flexibility index (Phi) is 4.45. The second-order valence-electron chi connectivity index (χ2n) is 4.62. The summed E-state index contributed by atoms with van der Waals surface area (Å²) in [6, 6.07) is 0.724. The minimum atomic E-state index is 0.0328. The van der Waals surface area contributed by atoms with Gasteiger partial charge in [0.05, 0.1) is 0 Å². The summed E-state index contributed by atoms with van der Waals surface area (Å²) in [5.41, 5.74) is 1.15. The SMILES string of the molecule is CCCC(OC)c1ncc(CNC2CC2)cn1. The number of rotatable bonds is 7. The zero-order chi connectivity index (χ0) is 12.1. The van der Waals surface area contributed by atoms with Gasteiger partial charge < -0.3 is 10.1 Å². The number of aromatic nitrogens is 2. The van der Waals surface area contributed by atoms with Crippen molar-refractivity contribution in [2.45, 2.75) is 51.3 Å². The molecule has 4 nitrogen and oxygen atoms in total. The van der Waals surface area contributed by atoms with Crippen LogP contribution in [-0.4, -0.2) is 23.1 Å². The van der Waals surface area contributed by atoms with Crippen LogP contribution in [0.2, 0.25) is 0 Å². The molecule has 1 saturated carbocycles. The van der Waals surface area contributed by atoms with E-state index in [0.29, 0.717) is 0 Å². The number of hydrogen-bond donors (Lipinski definition) is 1. The summed E-state index contributed by atoms with van der Waals surface area (Å²) >= 11 is 0. The first kappa shape index (κ1) is 12.5. The van der Waals surface area contributed by atoms with Gasteiger partial charge in [-0.2, -0.15) is 0 Å². The molecule has 2 rings (SSSR count). The van der Waals surface area contributed by atoms with Crippen LogP contribution < -0.4 is 5.32 Å². The van der Waals surface area contributed by atoms with E-state index in [9.17, 15) is 0 Å². The molecule has 1 N–H and O–H groups in total. The Hall–Kier alpha value is -1.00. The summed E-state index contributed by atoms with van der Waals surface area (Å²) < 4.78 is 5.38.